The van der Waals surface area contributed by atoms with Crippen LogP contribution in [0.15, 0.2) is 0 Å². The average Bonchev–Trinajstić information content (AvgIpc) is 2.35. The molecule has 1 heterocycles. The van der Waals surface area contributed by atoms with Gasteiger partial charge in [0.25, 0.3) is 0 Å². The number of hydrogen-bond acceptors (Lipinski definition) is 4. The summed E-state index contributed by atoms with van der Waals surface area (Å²) in [6, 6.07) is 2.60. The van der Waals surface area contributed by atoms with Gasteiger partial charge in [-0.15, -0.1) is 0 Å². The lowest BCUT2D eigenvalue weighted by Gasteiger charge is -2.38. The first-order valence-electron chi connectivity index (χ1n) is 6.46. The van der Waals surface area contributed by atoms with E-state index in [1.807, 2.05) is 0 Å². The lowest BCUT2D eigenvalue weighted by Crippen LogP contribution is -2.48. The summed E-state index contributed by atoms with van der Waals surface area (Å²) in [5.41, 5.74) is 0.229. The van der Waals surface area contributed by atoms with Gasteiger partial charge in [-0.2, -0.15) is 5.26 Å². The molecule has 1 rings (SSSR count). The molecule has 1 aliphatic heterocycles. The predicted molar refractivity (Wildman–Crippen MR) is 70.8 cm³/mol. The normalized spacial score (nSPS) is 25.5. The van der Waals surface area contributed by atoms with E-state index in [4.69, 9.17) is 5.26 Å². The van der Waals surface area contributed by atoms with Crippen LogP contribution in [0.3, 0.4) is 0 Å². The van der Waals surface area contributed by atoms with Gasteiger partial charge in [0.15, 0.2) is 0 Å². The van der Waals surface area contributed by atoms with Gasteiger partial charge in [-0.25, -0.2) is 0 Å². The molecule has 1 aliphatic rings. The number of nitrogens with one attached hydrogen (secondary N) is 1. The Morgan fingerprint density at radius 1 is 1.47 bits per heavy atom. The summed E-state index contributed by atoms with van der Waals surface area (Å²) in [6.45, 7) is 8.75. The third-order valence-electron chi connectivity index (χ3n) is 3.62. The van der Waals surface area contributed by atoms with Crippen LogP contribution in [-0.4, -0.2) is 61.7 Å². The molecule has 1 N–H and O–H groups in total. The van der Waals surface area contributed by atoms with Crippen molar-refractivity contribution in [2.75, 3.05) is 40.3 Å². The van der Waals surface area contributed by atoms with Crippen molar-refractivity contribution in [1.29, 1.82) is 5.26 Å². The first kappa shape index (κ1) is 14.4. The highest BCUT2D eigenvalue weighted by Crippen LogP contribution is 2.21. The van der Waals surface area contributed by atoms with E-state index in [2.05, 4.69) is 49.1 Å². The Morgan fingerprint density at radius 3 is 2.76 bits per heavy atom. The third kappa shape index (κ3) is 4.63. The first-order chi connectivity index (χ1) is 7.95. The van der Waals surface area contributed by atoms with E-state index in [0.29, 0.717) is 12.5 Å². The second kappa shape index (κ2) is 6.34. The van der Waals surface area contributed by atoms with Crippen LogP contribution in [0.25, 0.3) is 0 Å². The van der Waals surface area contributed by atoms with Crippen LogP contribution in [0.5, 0.6) is 0 Å². The van der Waals surface area contributed by atoms with E-state index >= 15 is 0 Å². The van der Waals surface area contributed by atoms with Gasteiger partial charge in [0.05, 0.1) is 12.5 Å². The quantitative estimate of drug-likeness (QED) is 0.790. The van der Waals surface area contributed by atoms with Crippen molar-refractivity contribution < 1.29 is 0 Å². The first-order valence-corrected chi connectivity index (χ1v) is 6.46. The number of nitriles is 1. The fourth-order valence-electron chi connectivity index (χ4n) is 2.28. The molecule has 98 valence electrons. The summed E-state index contributed by atoms with van der Waals surface area (Å²) in [7, 11) is 4.21. The zero-order chi connectivity index (χ0) is 12.9. The lowest BCUT2D eigenvalue weighted by molar-refractivity contribution is 0.110. The minimum Gasteiger partial charge on any atom is -0.312 e. The van der Waals surface area contributed by atoms with Gasteiger partial charge in [0.1, 0.15) is 0 Å². The molecule has 4 nitrogen and oxygen atoms in total. The molecule has 4 heteroatoms. The molecule has 17 heavy (non-hydrogen) atoms. The van der Waals surface area contributed by atoms with Crippen LogP contribution in [0.2, 0.25) is 0 Å². The van der Waals surface area contributed by atoms with Crippen LogP contribution in [0.1, 0.15) is 26.7 Å². The summed E-state index contributed by atoms with van der Waals surface area (Å²) in [6.07, 6.45) is 1.75. The average molecular weight is 238 g/mol. The fraction of sp³-hybridized carbons (Fsp3) is 0.923. The molecule has 1 fully saturated rings. The van der Waals surface area contributed by atoms with E-state index in [1.165, 1.54) is 0 Å². The largest absolute Gasteiger partial charge is 0.312 e. The minimum absolute atomic E-state index is 0.229. The Kier molecular flexibility index (Phi) is 5.38. The number of rotatable bonds is 4. The number of hydrogen-bond donors (Lipinski definition) is 1. The highest BCUT2D eigenvalue weighted by molar-refractivity contribution is 4.92. The molecule has 0 bridgehead atoms. The maximum absolute atomic E-state index is 8.83. The van der Waals surface area contributed by atoms with Gasteiger partial charge in [-0.1, -0.05) is 0 Å². The molecule has 1 saturated heterocycles. The van der Waals surface area contributed by atoms with Crippen LogP contribution >= 0.6 is 0 Å². The van der Waals surface area contributed by atoms with Gasteiger partial charge in [-0.3, -0.25) is 4.90 Å². The Hall–Kier alpha value is -0.630. The lowest BCUT2D eigenvalue weighted by atomic mass is 9.98. The second-order valence-electron chi connectivity index (χ2n) is 5.83. The van der Waals surface area contributed by atoms with Crippen molar-refractivity contribution in [3.05, 3.63) is 0 Å². The molecule has 0 aromatic heterocycles. The molecular formula is C13H26N4. The predicted octanol–water partition coefficient (Wildman–Crippen LogP) is 0.904. The zero-order valence-corrected chi connectivity index (χ0v) is 11.7. The number of nitrogens with zero attached hydrogens (tertiary/aromatic N) is 3. The van der Waals surface area contributed by atoms with E-state index in [9.17, 15) is 0 Å². The monoisotopic (exact) mass is 238 g/mol. The van der Waals surface area contributed by atoms with Crippen LogP contribution in [0.4, 0.5) is 0 Å². The Balaban J connectivity index is 2.62. The Morgan fingerprint density at radius 2 is 2.18 bits per heavy atom. The van der Waals surface area contributed by atoms with Crippen molar-refractivity contribution in [1.82, 2.24) is 15.1 Å². The summed E-state index contributed by atoms with van der Waals surface area (Å²) in [5, 5.41) is 12.3. The van der Waals surface area contributed by atoms with Gasteiger partial charge in [0.2, 0.25) is 0 Å². The highest BCUT2D eigenvalue weighted by atomic mass is 15.2. The molecule has 0 spiro atoms. The van der Waals surface area contributed by atoms with E-state index in [-0.39, 0.29) is 5.54 Å². The minimum atomic E-state index is 0.229. The van der Waals surface area contributed by atoms with Gasteiger partial charge >= 0.3 is 0 Å². The molecule has 1 atom stereocenters. The second-order valence-corrected chi connectivity index (χ2v) is 5.83. The maximum atomic E-state index is 8.83. The smallest absolute Gasteiger partial charge is 0.0638 e. The van der Waals surface area contributed by atoms with Crippen molar-refractivity contribution in [3.8, 4) is 6.07 Å². The van der Waals surface area contributed by atoms with E-state index in [0.717, 1.165) is 32.6 Å². The van der Waals surface area contributed by atoms with E-state index in [1.54, 1.807) is 0 Å². The summed E-state index contributed by atoms with van der Waals surface area (Å²) in [4.78, 5) is 4.74. The molecule has 0 saturated carbocycles. The summed E-state index contributed by atoms with van der Waals surface area (Å²) in [5.74, 6) is 0. The van der Waals surface area contributed by atoms with Gasteiger partial charge < -0.3 is 10.2 Å². The standard InChI is InChI=1S/C13H26N4/c1-13(2)6-8-15-12(5-7-14)11-17(13)10-9-16(3)4/h12,15H,5-6,8-11H2,1-4H3. The zero-order valence-electron chi connectivity index (χ0n) is 11.7. The van der Waals surface area contributed by atoms with E-state index < -0.39 is 0 Å². The maximum Gasteiger partial charge on any atom is 0.0638 e. The molecule has 0 aromatic rings. The fourth-order valence-corrected chi connectivity index (χ4v) is 2.28. The van der Waals surface area contributed by atoms with Crippen LogP contribution in [0, 0.1) is 11.3 Å². The van der Waals surface area contributed by atoms with Crippen LogP contribution < -0.4 is 5.32 Å². The summed E-state index contributed by atoms with van der Waals surface area (Å²) >= 11 is 0. The number of likely N-dealkylation sites (N-methyl/N-ethyl adjacent to an activating group) is 1. The molecule has 0 aliphatic carbocycles. The Labute approximate surface area is 106 Å². The topological polar surface area (TPSA) is 42.3 Å². The highest BCUT2D eigenvalue weighted by Gasteiger charge is 2.31. The summed E-state index contributed by atoms with van der Waals surface area (Å²) < 4.78 is 0. The van der Waals surface area contributed by atoms with Crippen molar-refractivity contribution in [2.24, 2.45) is 0 Å². The molecule has 1 unspecified atom stereocenters. The SMILES string of the molecule is CN(C)CCN1CC(CC#N)NCCC1(C)C. The van der Waals surface area contributed by atoms with Crippen molar-refractivity contribution in [3.63, 3.8) is 0 Å². The van der Waals surface area contributed by atoms with Gasteiger partial charge in [-0.05, 0) is 40.9 Å². The van der Waals surface area contributed by atoms with Crippen molar-refractivity contribution >= 4 is 0 Å². The molecular weight excluding hydrogens is 212 g/mol. The Bertz CT molecular complexity index is 267. The molecule has 0 radical (unpaired) electrons. The van der Waals surface area contributed by atoms with Crippen molar-refractivity contribution in [2.45, 2.75) is 38.3 Å². The molecule has 0 aromatic carbocycles. The van der Waals surface area contributed by atoms with Crippen LogP contribution in [-0.2, 0) is 0 Å². The van der Waals surface area contributed by atoms with Gasteiger partial charge in [0, 0.05) is 31.2 Å². The molecule has 0 amide bonds. The third-order valence-corrected chi connectivity index (χ3v) is 3.62.